The van der Waals surface area contributed by atoms with Crippen molar-refractivity contribution in [3.63, 3.8) is 0 Å². The van der Waals surface area contributed by atoms with Crippen LogP contribution in [0.2, 0.25) is 5.02 Å². The molecular weight excluding hydrogens is 342 g/mol. The summed E-state index contributed by atoms with van der Waals surface area (Å²) in [5.41, 5.74) is 0.769. The van der Waals surface area contributed by atoms with Gasteiger partial charge in [0, 0.05) is 18.0 Å². The van der Waals surface area contributed by atoms with Crippen LogP contribution in [0.15, 0.2) is 24.3 Å². The maximum Gasteiger partial charge on any atom is 0.306 e. The molecule has 0 saturated carbocycles. The highest BCUT2D eigenvalue weighted by atomic mass is 35.5. The monoisotopic (exact) mass is 359 g/mol. The lowest BCUT2D eigenvalue weighted by atomic mass is 10.1. The van der Waals surface area contributed by atoms with E-state index in [-0.39, 0.29) is 37.0 Å². The topological polar surface area (TPSA) is 89.5 Å². The van der Waals surface area contributed by atoms with Crippen LogP contribution >= 0.6 is 11.6 Å². The molecule has 0 bridgehead atoms. The molecule has 1 aliphatic heterocycles. The Kier molecular flexibility index (Phi) is 6.01. The molecular formula is C15H18ClNO5S. The van der Waals surface area contributed by atoms with Crippen molar-refractivity contribution in [1.82, 2.24) is 5.32 Å². The Morgan fingerprint density at radius 2 is 2.04 bits per heavy atom. The van der Waals surface area contributed by atoms with Crippen molar-refractivity contribution in [3.05, 3.63) is 34.9 Å². The number of carbonyl (C=O) groups excluding carboxylic acids is 2. The summed E-state index contributed by atoms with van der Waals surface area (Å²) in [4.78, 5) is 23.3. The summed E-state index contributed by atoms with van der Waals surface area (Å²) < 4.78 is 27.5. The van der Waals surface area contributed by atoms with Gasteiger partial charge in [0.05, 0.1) is 11.5 Å². The fourth-order valence-electron chi connectivity index (χ4n) is 2.36. The van der Waals surface area contributed by atoms with Gasteiger partial charge < -0.3 is 10.1 Å². The summed E-state index contributed by atoms with van der Waals surface area (Å²) in [7, 11) is -3.02. The lowest BCUT2D eigenvalue weighted by Crippen LogP contribution is -2.28. The van der Waals surface area contributed by atoms with Crippen LogP contribution in [0.25, 0.3) is 0 Å². The first-order chi connectivity index (χ1) is 10.9. The number of ether oxygens (including phenoxy) is 1. The van der Waals surface area contributed by atoms with E-state index in [2.05, 4.69) is 5.32 Å². The number of rotatable bonds is 6. The number of hydrogen-bond donors (Lipinski definition) is 1. The van der Waals surface area contributed by atoms with Gasteiger partial charge in [0.25, 0.3) is 5.91 Å². The van der Waals surface area contributed by atoms with Crippen molar-refractivity contribution in [2.45, 2.75) is 19.4 Å². The van der Waals surface area contributed by atoms with Gasteiger partial charge in [0.15, 0.2) is 16.4 Å². The molecule has 23 heavy (non-hydrogen) atoms. The fourth-order valence-corrected chi connectivity index (χ4v) is 4.42. The molecule has 126 valence electrons. The summed E-state index contributed by atoms with van der Waals surface area (Å²) in [6.45, 7) is -0.139. The molecule has 0 radical (unpaired) electrons. The van der Waals surface area contributed by atoms with Gasteiger partial charge in [-0.25, -0.2) is 8.42 Å². The third-order valence-electron chi connectivity index (χ3n) is 3.58. The van der Waals surface area contributed by atoms with Crippen molar-refractivity contribution < 1.29 is 22.7 Å². The molecule has 1 heterocycles. The quantitative estimate of drug-likeness (QED) is 0.774. The maximum atomic E-state index is 11.6. The van der Waals surface area contributed by atoms with Crippen molar-refractivity contribution >= 4 is 33.3 Å². The number of esters is 1. The summed E-state index contributed by atoms with van der Waals surface area (Å²) in [6, 6.07) is 7.11. The zero-order chi connectivity index (χ0) is 16.9. The van der Waals surface area contributed by atoms with Gasteiger partial charge in [0.1, 0.15) is 0 Å². The van der Waals surface area contributed by atoms with E-state index >= 15 is 0 Å². The summed E-state index contributed by atoms with van der Waals surface area (Å²) in [5.74, 6) is -1.07. The molecule has 1 amide bonds. The molecule has 0 unspecified atom stereocenters. The Morgan fingerprint density at radius 1 is 1.30 bits per heavy atom. The van der Waals surface area contributed by atoms with Gasteiger partial charge in [-0.1, -0.05) is 29.8 Å². The minimum atomic E-state index is -3.02. The standard InChI is InChI=1S/C15H18ClNO5S/c16-13-4-2-1-3-12(13)8-17-14(18)9-22-15(19)7-11-5-6-23(20,21)10-11/h1-4,11H,5-10H2,(H,17,18)/t11-/m1/s1. The predicted molar refractivity (Wildman–Crippen MR) is 85.6 cm³/mol. The van der Waals surface area contributed by atoms with Crippen molar-refractivity contribution in [3.8, 4) is 0 Å². The fraction of sp³-hybridized carbons (Fsp3) is 0.467. The van der Waals surface area contributed by atoms with Crippen molar-refractivity contribution in [2.75, 3.05) is 18.1 Å². The number of amides is 1. The molecule has 2 rings (SSSR count). The Labute approximate surface area is 140 Å². The van der Waals surface area contributed by atoms with Crippen LogP contribution in [0.4, 0.5) is 0 Å². The molecule has 0 aromatic heterocycles. The molecule has 1 saturated heterocycles. The predicted octanol–water partition coefficient (Wildman–Crippen LogP) is 1.32. The highest BCUT2D eigenvalue weighted by Crippen LogP contribution is 2.21. The highest BCUT2D eigenvalue weighted by molar-refractivity contribution is 7.91. The third kappa shape index (κ3) is 5.84. The van der Waals surface area contributed by atoms with E-state index in [1.165, 1.54) is 0 Å². The summed E-state index contributed by atoms with van der Waals surface area (Å²) >= 11 is 5.97. The number of carbonyl (C=O) groups is 2. The number of nitrogens with one attached hydrogen (secondary N) is 1. The number of hydrogen-bond acceptors (Lipinski definition) is 5. The first-order valence-corrected chi connectivity index (χ1v) is 9.42. The molecule has 0 aliphatic carbocycles. The lowest BCUT2D eigenvalue weighted by molar-refractivity contribution is -0.149. The second-order valence-electron chi connectivity index (χ2n) is 5.50. The lowest BCUT2D eigenvalue weighted by Gasteiger charge is -2.09. The van der Waals surface area contributed by atoms with E-state index in [0.717, 1.165) is 5.56 Å². The number of benzene rings is 1. The van der Waals surface area contributed by atoms with Crippen molar-refractivity contribution in [2.24, 2.45) is 5.92 Å². The molecule has 1 N–H and O–H groups in total. The number of halogens is 1. The molecule has 1 aromatic rings. The van der Waals surface area contributed by atoms with E-state index in [4.69, 9.17) is 16.3 Å². The van der Waals surface area contributed by atoms with Gasteiger partial charge in [-0.2, -0.15) is 0 Å². The van der Waals surface area contributed by atoms with Crippen LogP contribution < -0.4 is 5.32 Å². The van der Waals surface area contributed by atoms with E-state index in [9.17, 15) is 18.0 Å². The average molecular weight is 360 g/mol. The van der Waals surface area contributed by atoms with Crippen LogP contribution in [0.3, 0.4) is 0 Å². The Bertz CT molecular complexity index is 689. The zero-order valence-electron chi connectivity index (χ0n) is 12.5. The van der Waals surface area contributed by atoms with Gasteiger partial charge in [0.2, 0.25) is 0 Å². The summed E-state index contributed by atoms with van der Waals surface area (Å²) in [5, 5.41) is 3.15. The second kappa shape index (κ2) is 7.79. The number of sulfone groups is 1. The first kappa shape index (κ1) is 17.7. The van der Waals surface area contributed by atoms with Crippen LogP contribution in [-0.4, -0.2) is 38.4 Å². The Balaban J connectivity index is 1.68. The SMILES string of the molecule is O=C(COC(=O)C[C@H]1CCS(=O)(=O)C1)NCc1ccccc1Cl. The molecule has 0 spiro atoms. The van der Waals surface area contributed by atoms with Gasteiger partial charge in [-0.15, -0.1) is 0 Å². The smallest absolute Gasteiger partial charge is 0.306 e. The maximum absolute atomic E-state index is 11.6. The largest absolute Gasteiger partial charge is 0.456 e. The molecule has 6 nitrogen and oxygen atoms in total. The first-order valence-electron chi connectivity index (χ1n) is 7.22. The summed E-state index contributed by atoms with van der Waals surface area (Å²) in [6.07, 6.45) is 0.493. The minimum absolute atomic E-state index is 0.0147. The second-order valence-corrected chi connectivity index (χ2v) is 8.14. The zero-order valence-corrected chi connectivity index (χ0v) is 14.0. The molecule has 8 heteroatoms. The van der Waals surface area contributed by atoms with E-state index in [1.807, 2.05) is 6.07 Å². The van der Waals surface area contributed by atoms with Crippen LogP contribution in [0, 0.1) is 5.92 Å². The van der Waals surface area contributed by atoms with Crippen LogP contribution in [0.1, 0.15) is 18.4 Å². The Morgan fingerprint density at radius 3 is 2.70 bits per heavy atom. The molecule has 1 fully saturated rings. The molecule has 1 aromatic carbocycles. The average Bonchev–Trinajstić information content (AvgIpc) is 2.83. The van der Waals surface area contributed by atoms with Gasteiger partial charge >= 0.3 is 5.97 Å². The highest BCUT2D eigenvalue weighted by Gasteiger charge is 2.29. The van der Waals surface area contributed by atoms with E-state index < -0.39 is 21.7 Å². The van der Waals surface area contributed by atoms with Gasteiger partial charge in [-0.3, -0.25) is 9.59 Å². The van der Waals surface area contributed by atoms with E-state index in [1.54, 1.807) is 18.2 Å². The van der Waals surface area contributed by atoms with Crippen LogP contribution in [0.5, 0.6) is 0 Å². The third-order valence-corrected chi connectivity index (χ3v) is 5.79. The minimum Gasteiger partial charge on any atom is -0.456 e. The van der Waals surface area contributed by atoms with Crippen molar-refractivity contribution in [1.29, 1.82) is 0 Å². The van der Waals surface area contributed by atoms with E-state index in [0.29, 0.717) is 11.4 Å². The molecule has 1 atom stereocenters. The Hall–Kier alpha value is -1.60. The normalized spacial score (nSPS) is 19.3. The van der Waals surface area contributed by atoms with Gasteiger partial charge in [-0.05, 0) is 24.0 Å². The van der Waals surface area contributed by atoms with Crippen LogP contribution in [-0.2, 0) is 30.7 Å². The molecule has 1 aliphatic rings.